The fraction of sp³-hybridized carbons (Fsp3) is 0.640. The molecule has 8 nitrogen and oxygen atoms in total. The van der Waals surface area contributed by atoms with Crippen LogP contribution in [0.1, 0.15) is 96.8 Å². The Hall–Kier alpha value is -2.48. The van der Waals surface area contributed by atoms with Crippen LogP contribution in [0.15, 0.2) is 24.7 Å². The number of nitrogens with zero attached hydrogens (tertiary/aromatic N) is 4. The second kappa shape index (κ2) is 17.0. The van der Waals surface area contributed by atoms with Gasteiger partial charge >= 0.3 is 5.69 Å². The molecule has 2 N–H and O–H groups in total. The van der Waals surface area contributed by atoms with Crippen LogP contribution in [0.25, 0.3) is 0 Å². The summed E-state index contributed by atoms with van der Waals surface area (Å²) in [4.78, 5) is 23.3. The third-order valence-corrected chi connectivity index (χ3v) is 6.14. The van der Waals surface area contributed by atoms with Gasteiger partial charge in [0.05, 0.1) is 10.6 Å². The molecule has 2 rings (SSSR count). The number of hydrogen-bond acceptors (Lipinski definition) is 7. The number of nitrogens with one attached hydrogen (secondary N) is 2. The Morgan fingerprint density at radius 2 is 1.41 bits per heavy atom. The number of aromatic nitrogens is 3. The summed E-state index contributed by atoms with van der Waals surface area (Å²) >= 11 is 6.05. The molecule has 34 heavy (non-hydrogen) atoms. The van der Waals surface area contributed by atoms with E-state index in [1.54, 1.807) is 18.3 Å². The Morgan fingerprint density at radius 3 is 1.97 bits per heavy atom. The molecule has 0 fully saturated rings. The molecule has 0 saturated carbocycles. The predicted molar refractivity (Wildman–Crippen MR) is 140 cm³/mol. The van der Waals surface area contributed by atoms with E-state index >= 15 is 0 Å². The topological polar surface area (TPSA) is 106 Å². The number of pyridine rings is 1. The maximum atomic E-state index is 11.7. The number of nitro groups is 1. The largest absolute Gasteiger partial charge is 0.364 e. The Labute approximate surface area is 208 Å². The van der Waals surface area contributed by atoms with E-state index < -0.39 is 4.92 Å². The minimum atomic E-state index is -0.486. The van der Waals surface area contributed by atoms with Crippen molar-refractivity contribution in [2.75, 3.05) is 17.2 Å². The summed E-state index contributed by atoms with van der Waals surface area (Å²) in [6, 6.07) is 3.37. The minimum Gasteiger partial charge on any atom is -0.364 e. The van der Waals surface area contributed by atoms with Gasteiger partial charge in [0, 0.05) is 12.7 Å². The van der Waals surface area contributed by atoms with Gasteiger partial charge in [-0.2, -0.15) is 0 Å². The third kappa shape index (κ3) is 10.6. The van der Waals surface area contributed by atoms with E-state index in [0.29, 0.717) is 12.2 Å². The molecule has 0 aliphatic rings. The number of halogens is 1. The molecule has 0 spiro atoms. The molecule has 9 heteroatoms. The fourth-order valence-electron chi connectivity index (χ4n) is 3.91. The van der Waals surface area contributed by atoms with Gasteiger partial charge in [0.25, 0.3) is 0 Å². The molecule has 0 atom stereocenters. The van der Waals surface area contributed by atoms with E-state index in [1.807, 2.05) is 0 Å². The van der Waals surface area contributed by atoms with Gasteiger partial charge in [-0.3, -0.25) is 10.1 Å². The van der Waals surface area contributed by atoms with Gasteiger partial charge in [0.1, 0.15) is 6.33 Å². The van der Waals surface area contributed by atoms with Gasteiger partial charge < -0.3 is 10.6 Å². The third-order valence-electron chi connectivity index (χ3n) is 5.84. The summed E-state index contributed by atoms with van der Waals surface area (Å²) in [7, 11) is 0. The molecule has 0 saturated heterocycles. The van der Waals surface area contributed by atoms with Crippen molar-refractivity contribution in [2.45, 2.75) is 96.8 Å². The second-order valence-electron chi connectivity index (χ2n) is 8.67. The Morgan fingerprint density at radius 1 is 0.853 bits per heavy atom. The van der Waals surface area contributed by atoms with Crippen molar-refractivity contribution in [3.05, 3.63) is 39.9 Å². The van der Waals surface area contributed by atoms with Crippen molar-refractivity contribution >= 4 is 34.6 Å². The van der Waals surface area contributed by atoms with Gasteiger partial charge in [-0.05, 0) is 18.6 Å². The summed E-state index contributed by atoms with van der Waals surface area (Å²) in [6.45, 7) is 2.89. The van der Waals surface area contributed by atoms with Crippen LogP contribution in [0.4, 0.5) is 23.0 Å². The van der Waals surface area contributed by atoms with Crippen LogP contribution in [-0.2, 0) is 0 Å². The van der Waals surface area contributed by atoms with Crippen LogP contribution >= 0.6 is 11.6 Å². The van der Waals surface area contributed by atoms with Crippen LogP contribution in [-0.4, -0.2) is 26.4 Å². The number of rotatable bonds is 19. The van der Waals surface area contributed by atoms with E-state index in [1.165, 1.54) is 83.4 Å². The zero-order chi connectivity index (χ0) is 24.4. The monoisotopic (exact) mass is 490 g/mol. The van der Waals surface area contributed by atoms with Crippen molar-refractivity contribution in [2.24, 2.45) is 0 Å². The molecule has 0 aromatic carbocycles. The van der Waals surface area contributed by atoms with Crippen LogP contribution in [0, 0.1) is 10.1 Å². The van der Waals surface area contributed by atoms with Crippen LogP contribution in [0.3, 0.4) is 0 Å². The van der Waals surface area contributed by atoms with Crippen LogP contribution in [0.5, 0.6) is 0 Å². The fourth-order valence-corrected chi connectivity index (χ4v) is 4.07. The molecule has 0 radical (unpaired) electrons. The molecule has 2 aromatic heterocycles. The summed E-state index contributed by atoms with van der Waals surface area (Å²) < 4.78 is 0. The lowest BCUT2D eigenvalue weighted by atomic mass is 10.0. The average Bonchev–Trinajstić information content (AvgIpc) is 2.83. The zero-order valence-corrected chi connectivity index (χ0v) is 21.2. The van der Waals surface area contributed by atoms with E-state index in [2.05, 4.69) is 32.5 Å². The first-order valence-electron chi connectivity index (χ1n) is 12.7. The minimum absolute atomic E-state index is 0.0818. The highest BCUT2D eigenvalue weighted by Crippen LogP contribution is 2.32. The molecule has 0 amide bonds. The highest BCUT2D eigenvalue weighted by molar-refractivity contribution is 6.32. The molecule has 2 heterocycles. The lowest BCUT2D eigenvalue weighted by Crippen LogP contribution is -2.09. The van der Waals surface area contributed by atoms with Crippen molar-refractivity contribution < 1.29 is 4.92 Å². The molecular formula is C25H39ClN6O2. The second-order valence-corrected chi connectivity index (χ2v) is 9.02. The molecule has 188 valence electrons. The lowest BCUT2D eigenvalue weighted by Gasteiger charge is -2.10. The number of hydrogen-bond donors (Lipinski definition) is 2. The normalized spacial score (nSPS) is 10.9. The van der Waals surface area contributed by atoms with E-state index in [9.17, 15) is 10.1 Å². The Balaban J connectivity index is 1.62. The van der Waals surface area contributed by atoms with Crippen molar-refractivity contribution in [3.8, 4) is 0 Å². The van der Waals surface area contributed by atoms with Crippen molar-refractivity contribution in [3.63, 3.8) is 0 Å². The van der Waals surface area contributed by atoms with Crippen LogP contribution in [0.2, 0.25) is 5.15 Å². The predicted octanol–water partition coefficient (Wildman–Crippen LogP) is 8.07. The summed E-state index contributed by atoms with van der Waals surface area (Å²) in [5.74, 6) is 0.288. The van der Waals surface area contributed by atoms with E-state index in [-0.39, 0.29) is 22.5 Å². The molecule has 0 bridgehead atoms. The standard InChI is InChI=1S/C25H39ClN6O2/c1-2-3-4-5-6-7-8-9-10-11-12-13-14-15-18-28-24-22(32(33)34)25(30-20-29-24)31-21-17-16-19-27-23(21)26/h16-17,19-20H,2-15,18H2,1H3,(H2,28,29,30,31). The summed E-state index contributed by atoms with van der Waals surface area (Å²) in [5, 5.41) is 17.9. The Kier molecular flexibility index (Phi) is 13.9. The van der Waals surface area contributed by atoms with Gasteiger partial charge in [-0.15, -0.1) is 0 Å². The van der Waals surface area contributed by atoms with Crippen molar-refractivity contribution in [1.29, 1.82) is 0 Å². The maximum Gasteiger partial charge on any atom is 0.353 e. The molecular weight excluding hydrogens is 452 g/mol. The van der Waals surface area contributed by atoms with Gasteiger partial charge in [-0.25, -0.2) is 15.0 Å². The lowest BCUT2D eigenvalue weighted by molar-refractivity contribution is -0.383. The highest BCUT2D eigenvalue weighted by atomic mass is 35.5. The molecule has 0 aliphatic carbocycles. The first-order valence-corrected chi connectivity index (χ1v) is 13.1. The molecule has 0 unspecified atom stereocenters. The van der Waals surface area contributed by atoms with E-state index in [0.717, 1.165) is 12.8 Å². The first-order chi connectivity index (χ1) is 16.6. The zero-order valence-electron chi connectivity index (χ0n) is 20.4. The van der Waals surface area contributed by atoms with E-state index in [4.69, 9.17) is 11.6 Å². The maximum absolute atomic E-state index is 11.7. The quantitative estimate of drug-likeness (QED) is 0.0886. The van der Waals surface area contributed by atoms with Crippen molar-refractivity contribution in [1.82, 2.24) is 15.0 Å². The van der Waals surface area contributed by atoms with Crippen LogP contribution < -0.4 is 10.6 Å². The molecule has 0 aliphatic heterocycles. The first kappa shape index (κ1) is 27.8. The number of unbranched alkanes of at least 4 members (excludes halogenated alkanes) is 13. The van der Waals surface area contributed by atoms with Gasteiger partial charge in [-0.1, -0.05) is 102 Å². The smallest absolute Gasteiger partial charge is 0.353 e. The van der Waals surface area contributed by atoms with Gasteiger partial charge in [0.2, 0.25) is 11.6 Å². The van der Waals surface area contributed by atoms with Gasteiger partial charge in [0.15, 0.2) is 5.15 Å². The average molecular weight is 491 g/mol. The highest BCUT2D eigenvalue weighted by Gasteiger charge is 2.23. The Bertz CT molecular complexity index is 852. The molecule has 2 aromatic rings. The number of anilines is 3. The SMILES string of the molecule is CCCCCCCCCCCCCCCCNc1ncnc(Nc2cccnc2Cl)c1[N+](=O)[O-]. The summed E-state index contributed by atoms with van der Waals surface area (Å²) in [6.07, 6.45) is 21.0. The summed E-state index contributed by atoms with van der Waals surface area (Å²) in [5.41, 5.74) is 0.247.